The first-order chi connectivity index (χ1) is 9.81. The standard InChI is InChI=1S/C16H17N3S/c1-3-12-15(10-17-2)20-16(19-12)14-9-8-11-6-4-5-7-13(11)18-14/h4-9,17H,3,10H2,1-2H3. The highest BCUT2D eigenvalue weighted by molar-refractivity contribution is 7.15. The molecule has 3 rings (SSSR count). The van der Waals surface area contributed by atoms with Crippen LogP contribution in [0.3, 0.4) is 0 Å². The summed E-state index contributed by atoms with van der Waals surface area (Å²) in [5.74, 6) is 0. The van der Waals surface area contributed by atoms with Gasteiger partial charge in [0.05, 0.1) is 16.9 Å². The van der Waals surface area contributed by atoms with Gasteiger partial charge in [0.15, 0.2) is 0 Å². The van der Waals surface area contributed by atoms with Gasteiger partial charge in [-0.05, 0) is 25.6 Å². The van der Waals surface area contributed by atoms with Crippen molar-refractivity contribution in [1.82, 2.24) is 15.3 Å². The Morgan fingerprint density at radius 1 is 1.10 bits per heavy atom. The highest BCUT2D eigenvalue weighted by Crippen LogP contribution is 2.28. The molecule has 3 aromatic rings. The molecule has 2 heterocycles. The van der Waals surface area contributed by atoms with Crippen LogP contribution in [0.1, 0.15) is 17.5 Å². The lowest BCUT2D eigenvalue weighted by atomic mass is 10.2. The second kappa shape index (κ2) is 5.69. The maximum absolute atomic E-state index is 4.74. The van der Waals surface area contributed by atoms with E-state index in [4.69, 9.17) is 9.97 Å². The zero-order chi connectivity index (χ0) is 13.9. The molecule has 3 nitrogen and oxygen atoms in total. The van der Waals surface area contributed by atoms with Crippen LogP contribution < -0.4 is 5.32 Å². The van der Waals surface area contributed by atoms with E-state index in [1.807, 2.05) is 25.2 Å². The van der Waals surface area contributed by atoms with E-state index in [9.17, 15) is 0 Å². The van der Waals surface area contributed by atoms with Crippen LogP contribution in [0.2, 0.25) is 0 Å². The minimum atomic E-state index is 0.869. The minimum absolute atomic E-state index is 0.869. The third-order valence-corrected chi connectivity index (χ3v) is 4.39. The molecule has 0 spiro atoms. The van der Waals surface area contributed by atoms with Crippen LogP contribution in [0.4, 0.5) is 0 Å². The average molecular weight is 283 g/mol. The Labute approximate surface area is 122 Å². The smallest absolute Gasteiger partial charge is 0.142 e. The van der Waals surface area contributed by atoms with Crippen molar-refractivity contribution in [3.8, 4) is 10.7 Å². The van der Waals surface area contributed by atoms with Crippen LogP contribution in [0.25, 0.3) is 21.6 Å². The number of aromatic nitrogens is 2. The Morgan fingerprint density at radius 2 is 1.95 bits per heavy atom. The van der Waals surface area contributed by atoms with Gasteiger partial charge in [0.1, 0.15) is 5.01 Å². The average Bonchev–Trinajstić information content (AvgIpc) is 2.90. The molecule has 2 aromatic heterocycles. The molecule has 0 saturated carbocycles. The summed E-state index contributed by atoms with van der Waals surface area (Å²) in [5.41, 5.74) is 3.16. The van der Waals surface area contributed by atoms with E-state index in [2.05, 4.69) is 30.4 Å². The van der Waals surface area contributed by atoms with E-state index >= 15 is 0 Å². The second-order valence-corrected chi connectivity index (χ2v) is 5.75. The topological polar surface area (TPSA) is 37.8 Å². The summed E-state index contributed by atoms with van der Waals surface area (Å²) in [5, 5.41) is 5.38. The van der Waals surface area contributed by atoms with E-state index in [1.54, 1.807) is 11.3 Å². The van der Waals surface area contributed by atoms with Crippen LogP contribution in [-0.2, 0) is 13.0 Å². The predicted octanol–water partition coefficient (Wildman–Crippen LogP) is 3.64. The van der Waals surface area contributed by atoms with E-state index in [0.29, 0.717) is 0 Å². The van der Waals surface area contributed by atoms with E-state index < -0.39 is 0 Å². The normalized spacial score (nSPS) is 11.1. The Hall–Kier alpha value is -1.78. The summed E-state index contributed by atoms with van der Waals surface area (Å²) in [4.78, 5) is 10.8. The molecule has 20 heavy (non-hydrogen) atoms. The SMILES string of the molecule is CCc1nc(-c2ccc3ccccc3n2)sc1CNC. The van der Waals surface area contributed by atoms with Gasteiger partial charge in [0.25, 0.3) is 0 Å². The van der Waals surface area contributed by atoms with E-state index in [-0.39, 0.29) is 0 Å². The summed E-state index contributed by atoms with van der Waals surface area (Å²) in [6.45, 7) is 3.01. The van der Waals surface area contributed by atoms with Gasteiger partial charge in [0.2, 0.25) is 0 Å². The van der Waals surface area contributed by atoms with E-state index in [0.717, 1.165) is 29.2 Å². The summed E-state index contributed by atoms with van der Waals surface area (Å²) in [7, 11) is 1.97. The molecule has 0 bridgehead atoms. The lowest BCUT2D eigenvalue weighted by Crippen LogP contribution is -2.05. The van der Waals surface area contributed by atoms with Crippen LogP contribution in [0.5, 0.6) is 0 Å². The van der Waals surface area contributed by atoms with Gasteiger partial charge in [-0.1, -0.05) is 31.2 Å². The number of nitrogens with one attached hydrogen (secondary N) is 1. The molecule has 0 aliphatic carbocycles. The largest absolute Gasteiger partial charge is 0.315 e. The molecular formula is C16H17N3S. The van der Waals surface area contributed by atoms with Crippen LogP contribution in [0.15, 0.2) is 36.4 Å². The molecule has 0 saturated heterocycles. The molecule has 0 fully saturated rings. The molecule has 4 heteroatoms. The first kappa shape index (κ1) is 13.2. The van der Waals surface area contributed by atoms with Gasteiger partial charge in [0, 0.05) is 16.8 Å². The number of para-hydroxylation sites is 1. The molecule has 1 N–H and O–H groups in total. The third-order valence-electron chi connectivity index (χ3n) is 3.27. The Bertz CT molecular complexity index is 733. The quantitative estimate of drug-likeness (QED) is 0.794. The highest BCUT2D eigenvalue weighted by atomic mass is 32.1. The van der Waals surface area contributed by atoms with Crippen molar-refractivity contribution in [1.29, 1.82) is 0 Å². The van der Waals surface area contributed by atoms with Crippen molar-refractivity contribution in [2.45, 2.75) is 19.9 Å². The third kappa shape index (κ3) is 2.44. The molecule has 0 amide bonds. The number of hydrogen-bond acceptors (Lipinski definition) is 4. The van der Waals surface area contributed by atoms with Crippen LogP contribution >= 0.6 is 11.3 Å². The first-order valence-electron chi connectivity index (χ1n) is 6.81. The Kier molecular flexibility index (Phi) is 3.76. The Balaban J connectivity index is 2.05. The fourth-order valence-corrected chi connectivity index (χ4v) is 3.38. The van der Waals surface area contributed by atoms with Gasteiger partial charge in [-0.15, -0.1) is 11.3 Å². The van der Waals surface area contributed by atoms with Crippen molar-refractivity contribution in [3.05, 3.63) is 47.0 Å². The molecule has 102 valence electrons. The van der Waals surface area contributed by atoms with Gasteiger partial charge in [-0.3, -0.25) is 0 Å². The summed E-state index contributed by atoms with van der Waals surface area (Å²) >= 11 is 1.73. The fraction of sp³-hybridized carbons (Fsp3) is 0.250. The highest BCUT2D eigenvalue weighted by Gasteiger charge is 2.12. The minimum Gasteiger partial charge on any atom is -0.315 e. The predicted molar refractivity (Wildman–Crippen MR) is 85.0 cm³/mol. The monoisotopic (exact) mass is 283 g/mol. The maximum atomic E-state index is 4.74. The summed E-state index contributed by atoms with van der Waals surface area (Å²) in [6.07, 6.45) is 0.959. The van der Waals surface area contributed by atoms with Crippen LogP contribution in [-0.4, -0.2) is 17.0 Å². The van der Waals surface area contributed by atoms with Gasteiger partial charge in [-0.25, -0.2) is 9.97 Å². The van der Waals surface area contributed by atoms with Crippen molar-refractivity contribution >= 4 is 22.2 Å². The number of rotatable bonds is 4. The van der Waals surface area contributed by atoms with Crippen molar-refractivity contribution in [2.24, 2.45) is 0 Å². The number of fused-ring (bicyclic) bond motifs is 1. The number of aryl methyl sites for hydroxylation is 1. The maximum Gasteiger partial charge on any atom is 0.142 e. The lowest BCUT2D eigenvalue weighted by molar-refractivity contribution is 0.814. The first-order valence-corrected chi connectivity index (χ1v) is 7.62. The van der Waals surface area contributed by atoms with Crippen molar-refractivity contribution in [2.75, 3.05) is 7.05 Å². The van der Waals surface area contributed by atoms with Crippen molar-refractivity contribution in [3.63, 3.8) is 0 Å². The summed E-state index contributed by atoms with van der Waals surface area (Å²) in [6, 6.07) is 12.4. The Morgan fingerprint density at radius 3 is 2.75 bits per heavy atom. The molecule has 0 aliphatic rings. The molecular weight excluding hydrogens is 266 g/mol. The van der Waals surface area contributed by atoms with Gasteiger partial charge in [-0.2, -0.15) is 0 Å². The summed E-state index contributed by atoms with van der Waals surface area (Å²) < 4.78 is 0. The lowest BCUT2D eigenvalue weighted by Gasteiger charge is -1.99. The zero-order valence-electron chi connectivity index (χ0n) is 11.7. The van der Waals surface area contributed by atoms with Gasteiger partial charge >= 0.3 is 0 Å². The van der Waals surface area contributed by atoms with Crippen LogP contribution in [0, 0.1) is 0 Å². The number of benzene rings is 1. The van der Waals surface area contributed by atoms with Crippen molar-refractivity contribution < 1.29 is 0 Å². The van der Waals surface area contributed by atoms with E-state index in [1.165, 1.54) is 16.0 Å². The number of pyridine rings is 1. The number of thiazole rings is 1. The molecule has 0 unspecified atom stereocenters. The zero-order valence-corrected chi connectivity index (χ0v) is 12.5. The second-order valence-electron chi connectivity index (χ2n) is 4.66. The molecule has 0 radical (unpaired) electrons. The molecule has 0 atom stereocenters. The molecule has 1 aromatic carbocycles. The number of nitrogens with zero attached hydrogens (tertiary/aromatic N) is 2. The fourth-order valence-electron chi connectivity index (χ4n) is 2.25. The van der Waals surface area contributed by atoms with Gasteiger partial charge < -0.3 is 5.32 Å². The number of hydrogen-bond donors (Lipinski definition) is 1. The molecule has 0 aliphatic heterocycles.